The first-order chi connectivity index (χ1) is 13.3. The number of aromatic amines is 1. The number of nitrogens with zero attached hydrogens (tertiary/aromatic N) is 4. The van der Waals surface area contributed by atoms with E-state index in [0.29, 0.717) is 5.95 Å². The van der Waals surface area contributed by atoms with Crippen molar-refractivity contribution in [2.75, 3.05) is 36.4 Å². The molecule has 3 N–H and O–H groups in total. The van der Waals surface area contributed by atoms with Gasteiger partial charge in [0.2, 0.25) is 5.95 Å². The van der Waals surface area contributed by atoms with Gasteiger partial charge in [0, 0.05) is 54.5 Å². The molecular weight excluding hydrogens is 338 g/mol. The Hall–Kier alpha value is -3.19. The van der Waals surface area contributed by atoms with Gasteiger partial charge in [-0.15, -0.1) is 0 Å². The minimum absolute atomic E-state index is 0.599. The Morgan fingerprint density at radius 3 is 2.78 bits per heavy atom. The lowest BCUT2D eigenvalue weighted by atomic mass is 10.1. The molecule has 1 aliphatic heterocycles. The van der Waals surface area contributed by atoms with Crippen LogP contribution in [0.3, 0.4) is 0 Å². The summed E-state index contributed by atoms with van der Waals surface area (Å²) in [6, 6.07) is 10.3. The highest BCUT2D eigenvalue weighted by Crippen LogP contribution is 2.28. The Morgan fingerprint density at radius 1 is 1.04 bits per heavy atom. The zero-order valence-corrected chi connectivity index (χ0v) is 15.2. The summed E-state index contributed by atoms with van der Waals surface area (Å²) >= 11 is 0. The second kappa shape index (κ2) is 6.51. The second-order valence-electron chi connectivity index (χ2n) is 6.88. The number of aromatic nitrogens is 4. The van der Waals surface area contributed by atoms with Gasteiger partial charge in [-0.05, 0) is 42.8 Å². The molecule has 1 saturated heterocycles. The van der Waals surface area contributed by atoms with Crippen LogP contribution < -0.4 is 15.5 Å². The van der Waals surface area contributed by atoms with E-state index in [4.69, 9.17) is 4.98 Å². The summed E-state index contributed by atoms with van der Waals surface area (Å²) in [5.41, 5.74) is 5.36. The highest BCUT2D eigenvalue weighted by molar-refractivity contribution is 5.87. The van der Waals surface area contributed by atoms with Crippen LogP contribution >= 0.6 is 0 Å². The minimum atomic E-state index is 0.599. The molecule has 0 atom stereocenters. The van der Waals surface area contributed by atoms with Crippen LogP contribution in [0, 0.1) is 6.92 Å². The smallest absolute Gasteiger partial charge is 0.227 e. The summed E-state index contributed by atoms with van der Waals surface area (Å²) in [4.78, 5) is 11.7. The van der Waals surface area contributed by atoms with E-state index in [1.807, 2.05) is 30.6 Å². The van der Waals surface area contributed by atoms with Gasteiger partial charge in [-0.2, -0.15) is 5.10 Å². The molecule has 5 rings (SSSR count). The van der Waals surface area contributed by atoms with E-state index in [2.05, 4.69) is 49.8 Å². The summed E-state index contributed by atoms with van der Waals surface area (Å²) in [5.74, 6) is 0.599. The van der Waals surface area contributed by atoms with Gasteiger partial charge in [0.25, 0.3) is 0 Å². The molecule has 1 aliphatic rings. The van der Waals surface area contributed by atoms with Gasteiger partial charge in [0.05, 0.1) is 17.2 Å². The molecule has 0 bridgehead atoms. The molecule has 3 heterocycles. The molecule has 0 aliphatic carbocycles. The maximum absolute atomic E-state index is 4.80. The fourth-order valence-electron chi connectivity index (χ4n) is 3.68. The van der Waals surface area contributed by atoms with Gasteiger partial charge in [0.1, 0.15) is 0 Å². The molecule has 136 valence electrons. The zero-order valence-electron chi connectivity index (χ0n) is 15.2. The van der Waals surface area contributed by atoms with Crippen LogP contribution in [0.15, 0.2) is 42.7 Å². The molecule has 0 radical (unpaired) electrons. The van der Waals surface area contributed by atoms with Gasteiger partial charge in [-0.25, -0.2) is 9.97 Å². The third kappa shape index (κ3) is 2.96. The molecule has 2 aromatic carbocycles. The summed E-state index contributed by atoms with van der Waals surface area (Å²) in [6.45, 7) is 6.22. The number of piperazine rings is 1. The van der Waals surface area contributed by atoms with Crippen molar-refractivity contribution in [2.45, 2.75) is 6.92 Å². The standard InChI is InChI=1S/C20H21N7/c1-13-18(27-8-6-21-7-9-27)5-3-15-11-22-20(25-19(13)15)24-16-4-2-14-12-23-26-17(14)10-16/h2-5,10-12,21H,6-9H2,1H3,(H,23,26)(H,22,24,25). The number of nitrogens with one attached hydrogen (secondary N) is 3. The number of H-pyrrole nitrogens is 1. The van der Waals surface area contributed by atoms with Crippen molar-refractivity contribution in [3.05, 3.63) is 48.3 Å². The molecule has 2 aromatic heterocycles. The van der Waals surface area contributed by atoms with Crippen LogP contribution in [0.25, 0.3) is 21.8 Å². The number of hydrogen-bond acceptors (Lipinski definition) is 6. The van der Waals surface area contributed by atoms with Crippen molar-refractivity contribution in [3.63, 3.8) is 0 Å². The molecule has 0 saturated carbocycles. The maximum atomic E-state index is 4.80. The number of fused-ring (bicyclic) bond motifs is 2. The van der Waals surface area contributed by atoms with Gasteiger partial charge in [-0.3, -0.25) is 5.10 Å². The van der Waals surface area contributed by atoms with Crippen molar-refractivity contribution in [2.24, 2.45) is 0 Å². The molecular formula is C20H21N7. The number of anilines is 3. The van der Waals surface area contributed by atoms with Gasteiger partial charge in [-0.1, -0.05) is 0 Å². The number of hydrogen-bond donors (Lipinski definition) is 3. The van der Waals surface area contributed by atoms with Crippen molar-refractivity contribution >= 4 is 39.1 Å². The molecule has 1 fully saturated rings. The Labute approximate surface area is 156 Å². The highest BCUT2D eigenvalue weighted by atomic mass is 15.2. The fraction of sp³-hybridized carbons (Fsp3) is 0.250. The monoisotopic (exact) mass is 359 g/mol. The first kappa shape index (κ1) is 16.0. The van der Waals surface area contributed by atoms with E-state index in [9.17, 15) is 0 Å². The van der Waals surface area contributed by atoms with E-state index >= 15 is 0 Å². The van der Waals surface area contributed by atoms with Gasteiger partial charge < -0.3 is 15.5 Å². The molecule has 4 aromatic rings. The summed E-state index contributed by atoms with van der Waals surface area (Å²) < 4.78 is 0. The predicted octanol–water partition coefficient (Wildman–Crippen LogP) is 2.97. The normalized spacial score (nSPS) is 14.8. The lowest BCUT2D eigenvalue weighted by Gasteiger charge is -2.31. The quantitative estimate of drug-likeness (QED) is 0.522. The Kier molecular flexibility index (Phi) is 3.86. The van der Waals surface area contributed by atoms with Crippen LogP contribution in [0.2, 0.25) is 0 Å². The van der Waals surface area contributed by atoms with Gasteiger partial charge >= 0.3 is 0 Å². The molecule has 7 nitrogen and oxygen atoms in total. The lowest BCUT2D eigenvalue weighted by molar-refractivity contribution is 0.588. The first-order valence-electron chi connectivity index (χ1n) is 9.20. The van der Waals surface area contributed by atoms with E-state index in [1.165, 1.54) is 11.3 Å². The number of benzene rings is 2. The van der Waals surface area contributed by atoms with Crippen LogP contribution in [-0.4, -0.2) is 46.3 Å². The molecule has 0 amide bonds. The average molecular weight is 359 g/mol. The fourth-order valence-corrected chi connectivity index (χ4v) is 3.68. The van der Waals surface area contributed by atoms with E-state index in [1.54, 1.807) is 0 Å². The van der Waals surface area contributed by atoms with Crippen molar-refractivity contribution in [1.29, 1.82) is 0 Å². The summed E-state index contributed by atoms with van der Waals surface area (Å²) in [6.07, 6.45) is 3.70. The Morgan fingerprint density at radius 2 is 1.89 bits per heavy atom. The van der Waals surface area contributed by atoms with E-state index in [0.717, 1.165) is 53.7 Å². The Bertz CT molecular complexity index is 1110. The van der Waals surface area contributed by atoms with Crippen molar-refractivity contribution in [3.8, 4) is 0 Å². The highest BCUT2D eigenvalue weighted by Gasteiger charge is 2.15. The summed E-state index contributed by atoms with van der Waals surface area (Å²) in [7, 11) is 0. The SMILES string of the molecule is Cc1c(N2CCNCC2)ccc2cnc(Nc3ccc4cn[nH]c4c3)nc12. The average Bonchev–Trinajstić information content (AvgIpc) is 3.17. The van der Waals surface area contributed by atoms with Crippen LogP contribution in [0.5, 0.6) is 0 Å². The minimum Gasteiger partial charge on any atom is -0.369 e. The third-order valence-electron chi connectivity index (χ3n) is 5.13. The van der Waals surface area contributed by atoms with Crippen LogP contribution in [0.1, 0.15) is 5.56 Å². The molecule has 0 unspecified atom stereocenters. The van der Waals surface area contributed by atoms with Gasteiger partial charge in [0.15, 0.2) is 0 Å². The molecule has 7 heteroatoms. The van der Waals surface area contributed by atoms with E-state index < -0.39 is 0 Å². The second-order valence-corrected chi connectivity index (χ2v) is 6.88. The first-order valence-corrected chi connectivity index (χ1v) is 9.20. The van der Waals surface area contributed by atoms with Crippen LogP contribution in [-0.2, 0) is 0 Å². The van der Waals surface area contributed by atoms with Crippen LogP contribution in [0.4, 0.5) is 17.3 Å². The Balaban J connectivity index is 1.50. The van der Waals surface area contributed by atoms with Crippen molar-refractivity contribution < 1.29 is 0 Å². The summed E-state index contributed by atoms with van der Waals surface area (Å²) in [5, 5.41) is 15.9. The predicted molar refractivity (Wildman–Crippen MR) is 109 cm³/mol. The maximum Gasteiger partial charge on any atom is 0.227 e. The number of aryl methyl sites for hydroxylation is 1. The molecule has 0 spiro atoms. The molecule has 27 heavy (non-hydrogen) atoms. The van der Waals surface area contributed by atoms with Crippen molar-refractivity contribution in [1.82, 2.24) is 25.5 Å². The number of rotatable bonds is 3. The third-order valence-corrected chi connectivity index (χ3v) is 5.13. The van der Waals surface area contributed by atoms with E-state index in [-0.39, 0.29) is 0 Å². The topological polar surface area (TPSA) is 81.8 Å². The largest absolute Gasteiger partial charge is 0.369 e. The lowest BCUT2D eigenvalue weighted by Crippen LogP contribution is -2.43. The zero-order chi connectivity index (χ0) is 18.2.